The zero-order valence-electron chi connectivity index (χ0n) is 10.6. The van der Waals surface area contributed by atoms with Gasteiger partial charge in [-0.15, -0.1) is 0 Å². The van der Waals surface area contributed by atoms with Crippen molar-refractivity contribution in [3.8, 4) is 11.5 Å². The Morgan fingerprint density at radius 2 is 2.22 bits per heavy atom. The van der Waals surface area contributed by atoms with Crippen molar-refractivity contribution in [3.63, 3.8) is 0 Å². The quantitative estimate of drug-likeness (QED) is 0.790. The van der Waals surface area contributed by atoms with Crippen LogP contribution in [0.4, 0.5) is 0 Å². The predicted molar refractivity (Wildman–Crippen MR) is 68.8 cm³/mol. The summed E-state index contributed by atoms with van der Waals surface area (Å²) in [5.41, 5.74) is 7.43. The average Bonchev–Trinajstić information content (AvgIpc) is 2.85. The van der Waals surface area contributed by atoms with Crippen LogP contribution in [0.3, 0.4) is 0 Å². The Bertz CT molecular complexity index is 438. The summed E-state index contributed by atoms with van der Waals surface area (Å²) in [6, 6.07) is 6.20. The standard InChI is InChI=1S/C13H19N3O2/c1-16-5-4-15-10(7-16)13(14)9-2-3-11-12(6-9)18-8-17-11/h2-3,6,10,13,15H,4-5,7-8,14H2,1H3. The minimum atomic E-state index is -0.0257. The van der Waals surface area contributed by atoms with E-state index in [0.717, 1.165) is 36.7 Å². The minimum Gasteiger partial charge on any atom is -0.454 e. The van der Waals surface area contributed by atoms with Crippen LogP contribution in [-0.2, 0) is 0 Å². The monoisotopic (exact) mass is 249 g/mol. The highest BCUT2D eigenvalue weighted by atomic mass is 16.7. The van der Waals surface area contributed by atoms with Gasteiger partial charge in [-0.25, -0.2) is 0 Å². The molecule has 3 N–H and O–H groups in total. The van der Waals surface area contributed by atoms with Gasteiger partial charge in [-0.1, -0.05) is 6.07 Å². The molecule has 1 fully saturated rings. The lowest BCUT2D eigenvalue weighted by atomic mass is 9.98. The van der Waals surface area contributed by atoms with E-state index in [2.05, 4.69) is 17.3 Å². The van der Waals surface area contributed by atoms with E-state index in [-0.39, 0.29) is 12.1 Å². The van der Waals surface area contributed by atoms with Gasteiger partial charge in [0.1, 0.15) is 0 Å². The van der Waals surface area contributed by atoms with Gasteiger partial charge in [0, 0.05) is 31.7 Å². The zero-order valence-corrected chi connectivity index (χ0v) is 10.6. The van der Waals surface area contributed by atoms with Crippen LogP contribution in [0.5, 0.6) is 11.5 Å². The molecule has 18 heavy (non-hydrogen) atoms. The topological polar surface area (TPSA) is 59.8 Å². The smallest absolute Gasteiger partial charge is 0.231 e. The van der Waals surface area contributed by atoms with Gasteiger partial charge < -0.3 is 25.4 Å². The first-order valence-electron chi connectivity index (χ1n) is 6.31. The van der Waals surface area contributed by atoms with Crippen LogP contribution in [-0.4, -0.2) is 44.4 Å². The van der Waals surface area contributed by atoms with Crippen molar-refractivity contribution in [1.82, 2.24) is 10.2 Å². The third kappa shape index (κ3) is 2.16. The molecule has 0 bridgehead atoms. The van der Waals surface area contributed by atoms with Crippen molar-refractivity contribution >= 4 is 0 Å². The number of ether oxygens (including phenoxy) is 2. The molecule has 0 amide bonds. The van der Waals surface area contributed by atoms with E-state index in [0.29, 0.717) is 6.79 Å². The fourth-order valence-electron chi connectivity index (χ4n) is 2.53. The second-order valence-electron chi connectivity index (χ2n) is 4.96. The van der Waals surface area contributed by atoms with Crippen LogP contribution in [0, 0.1) is 0 Å². The molecule has 1 saturated heterocycles. The predicted octanol–water partition coefficient (Wildman–Crippen LogP) is 0.319. The third-order valence-electron chi connectivity index (χ3n) is 3.62. The van der Waals surface area contributed by atoms with Crippen LogP contribution in [0.25, 0.3) is 0 Å². The lowest BCUT2D eigenvalue weighted by Crippen LogP contribution is -2.53. The Hall–Kier alpha value is -1.30. The second kappa shape index (κ2) is 4.76. The summed E-state index contributed by atoms with van der Waals surface area (Å²) in [5.74, 6) is 1.60. The summed E-state index contributed by atoms with van der Waals surface area (Å²) in [6.45, 7) is 3.33. The summed E-state index contributed by atoms with van der Waals surface area (Å²) in [5, 5.41) is 3.48. The number of hydrogen-bond donors (Lipinski definition) is 2. The Morgan fingerprint density at radius 1 is 1.39 bits per heavy atom. The van der Waals surface area contributed by atoms with Crippen molar-refractivity contribution in [2.24, 2.45) is 5.73 Å². The Kier molecular flexibility index (Phi) is 3.11. The SMILES string of the molecule is CN1CCNC(C(N)c2ccc3c(c2)OCO3)C1. The number of benzene rings is 1. The van der Waals surface area contributed by atoms with Crippen LogP contribution < -0.4 is 20.5 Å². The number of piperazine rings is 1. The maximum Gasteiger partial charge on any atom is 0.231 e. The molecule has 0 aromatic heterocycles. The van der Waals surface area contributed by atoms with Crippen LogP contribution >= 0.6 is 0 Å². The van der Waals surface area contributed by atoms with E-state index in [9.17, 15) is 0 Å². The number of fused-ring (bicyclic) bond motifs is 1. The van der Waals surface area contributed by atoms with E-state index >= 15 is 0 Å². The molecule has 2 atom stereocenters. The molecule has 0 aliphatic carbocycles. The largest absolute Gasteiger partial charge is 0.454 e. The average molecular weight is 249 g/mol. The lowest BCUT2D eigenvalue weighted by molar-refractivity contribution is 0.174. The van der Waals surface area contributed by atoms with Gasteiger partial charge in [0.15, 0.2) is 11.5 Å². The van der Waals surface area contributed by atoms with Gasteiger partial charge in [0.05, 0.1) is 0 Å². The number of rotatable bonds is 2. The Balaban J connectivity index is 1.77. The molecule has 2 aliphatic heterocycles. The van der Waals surface area contributed by atoms with Gasteiger partial charge in [0.25, 0.3) is 0 Å². The first kappa shape index (κ1) is 11.8. The number of hydrogen-bond acceptors (Lipinski definition) is 5. The van der Waals surface area contributed by atoms with Gasteiger partial charge in [-0.3, -0.25) is 0 Å². The van der Waals surface area contributed by atoms with Crippen molar-refractivity contribution in [3.05, 3.63) is 23.8 Å². The molecule has 0 spiro atoms. The fourth-order valence-corrected chi connectivity index (χ4v) is 2.53. The molecule has 1 aromatic carbocycles. The highest BCUT2D eigenvalue weighted by Gasteiger charge is 2.25. The summed E-state index contributed by atoms with van der Waals surface area (Å²) in [7, 11) is 2.13. The molecule has 3 rings (SSSR count). The highest BCUT2D eigenvalue weighted by molar-refractivity contribution is 5.45. The first-order chi connectivity index (χ1) is 8.74. The number of nitrogens with zero attached hydrogens (tertiary/aromatic N) is 1. The molecule has 2 aliphatic rings. The highest BCUT2D eigenvalue weighted by Crippen LogP contribution is 2.34. The van der Waals surface area contributed by atoms with Gasteiger partial charge in [0.2, 0.25) is 6.79 Å². The van der Waals surface area contributed by atoms with Gasteiger partial charge in [-0.05, 0) is 24.7 Å². The van der Waals surface area contributed by atoms with Crippen LogP contribution in [0.15, 0.2) is 18.2 Å². The second-order valence-corrected chi connectivity index (χ2v) is 4.96. The summed E-state index contributed by atoms with van der Waals surface area (Å²) >= 11 is 0. The van der Waals surface area contributed by atoms with Crippen molar-refractivity contribution in [2.75, 3.05) is 33.5 Å². The molecule has 5 heteroatoms. The minimum absolute atomic E-state index is 0.0257. The zero-order chi connectivity index (χ0) is 12.5. The Morgan fingerprint density at radius 3 is 3.06 bits per heavy atom. The molecule has 0 saturated carbocycles. The van der Waals surface area contributed by atoms with Gasteiger partial charge >= 0.3 is 0 Å². The molecular formula is C13H19N3O2. The number of likely N-dealkylation sites (N-methyl/N-ethyl adjacent to an activating group) is 1. The molecule has 98 valence electrons. The Labute approximate surface area is 107 Å². The molecule has 2 heterocycles. The van der Waals surface area contributed by atoms with Crippen LogP contribution in [0.2, 0.25) is 0 Å². The van der Waals surface area contributed by atoms with E-state index in [1.165, 1.54) is 0 Å². The third-order valence-corrected chi connectivity index (χ3v) is 3.62. The molecular weight excluding hydrogens is 230 g/mol. The maximum atomic E-state index is 6.34. The molecule has 2 unspecified atom stereocenters. The summed E-state index contributed by atoms with van der Waals surface area (Å²) in [4.78, 5) is 2.30. The van der Waals surface area contributed by atoms with E-state index in [4.69, 9.17) is 15.2 Å². The summed E-state index contributed by atoms with van der Waals surface area (Å²) in [6.07, 6.45) is 0. The first-order valence-corrected chi connectivity index (χ1v) is 6.31. The molecule has 0 radical (unpaired) electrons. The van der Waals surface area contributed by atoms with Crippen molar-refractivity contribution < 1.29 is 9.47 Å². The van der Waals surface area contributed by atoms with Crippen molar-refractivity contribution in [1.29, 1.82) is 0 Å². The lowest BCUT2D eigenvalue weighted by Gasteiger charge is -2.34. The molecule has 1 aromatic rings. The number of nitrogens with one attached hydrogen (secondary N) is 1. The van der Waals surface area contributed by atoms with E-state index in [1.807, 2.05) is 18.2 Å². The molecule has 5 nitrogen and oxygen atoms in total. The van der Waals surface area contributed by atoms with Gasteiger partial charge in [-0.2, -0.15) is 0 Å². The number of nitrogens with two attached hydrogens (primary N) is 1. The summed E-state index contributed by atoms with van der Waals surface area (Å²) < 4.78 is 10.7. The van der Waals surface area contributed by atoms with E-state index in [1.54, 1.807) is 0 Å². The maximum absolute atomic E-state index is 6.34. The fraction of sp³-hybridized carbons (Fsp3) is 0.538. The van der Waals surface area contributed by atoms with Crippen LogP contribution in [0.1, 0.15) is 11.6 Å². The van der Waals surface area contributed by atoms with E-state index < -0.39 is 0 Å². The normalized spacial score (nSPS) is 25.1. The van der Waals surface area contributed by atoms with Crippen molar-refractivity contribution in [2.45, 2.75) is 12.1 Å².